The molecule has 1 amide bonds. The Balaban J connectivity index is 2.13. The molecule has 22 heavy (non-hydrogen) atoms. The van der Waals surface area contributed by atoms with Crippen molar-refractivity contribution in [3.63, 3.8) is 0 Å². The van der Waals surface area contributed by atoms with Gasteiger partial charge in [-0.15, -0.1) is 11.3 Å². The average Bonchev–Trinajstić information content (AvgIpc) is 2.92. The summed E-state index contributed by atoms with van der Waals surface area (Å²) in [5.41, 5.74) is 1.53. The monoisotopic (exact) mass is 339 g/mol. The van der Waals surface area contributed by atoms with Crippen molar-refractivity contribution in [2.75, 3.05) is 17.7 Å². The van der Waals surface area contributed by atoms with Gasteiger partial charge in [0.25, 0.3) is 0 Å². The smallest absolute Gasteiger partial charge is 0.224 e. The molecule has 2 aromatic rings. The number of rotatable bonds is 7. The predicted octanol–water partition coefficient (Wildman–Crippen LogP) is 4.16. The maximum Gasteiger partial charge on any atom is 0.224 e. The average molecular weight is 340 g/mol. The fraction of sp³-hybridized carbons (Fsp3) is 0.333. The van der Waals surface area contributed by atoms with Crippen LogP contribution in [-0.2, 0) is 11.3 Å². The number of benzene rings is 1. The molecule has 0 unspecified atom stereocenters. The van der Waals surface area contributed by atoms with Crippen molar-refractivity contribution in [2.45, 2.75) is 26.3 Å². The van der Waals surface area contributed by atoms with Gasteiger partial charge in [0.1, 0.15) is 5.75 Å². The minimum Gasteiger partial charge on any atom is -0.497 e. The van der Waals surface area contributed by atoms with Crippen LogP contribution in [0.1, 0.15) is 24.6 Å². The Hall–Kier alpha value is -1.79. The molecule has 0 spiro atoms. The first-order valence-corrected chi connectivity index (χ1v) is 8.13. The summed E-state index contributed by atoms with van der Waals surface area (Å²) in [6, 6.07) is 5.49. The molecule has 0 atom stereocenters. The van der Waals surface area contributed by atoms with E-state index in [1.807, 2.05) is 25.1 Å². The number of thiazole rings is 1. The topological polar surface area (TPSA) is 63.2 Å². The molecule has 118 valence electrons. The highest BCUT2D eigenvalue weighted by molar-refractivity contribution is 7.15. The van der Waals surface area contributed by atoms with Crippen LogP contribution < -0.4 is 15.4 Å². The van der Waals surface area contributed by atoms with Crippen LogP contribution in [0.3, 0.4) is 0 Å². The lowest BCUT2D eigenvalue weighted by Crippen LogP contribution is -2.12. The summed E-state index contributed by atoms with van der Waals surface area (Å²) in [5.74, 6) is 0.717. The highest BCUT2D eigenvalue weighted by Gasteiger charge is 2.09. The minimum atomic E-state index is -0.00319. The molecular weight excluding hydrogens is 322 g/mol. The zero-order chi connectivity index (χ0) is 15.9. The van der Waals surface area contributed by atoms with Crippen LogP contribution in [0.2, 0.25) is 4.47 Å². The molecule has 2 N–H and O–H groups in total. The largest absolute Gasteiger partial charge is 0.497 e. The van der Waals surface area contributed by atoms with E-state index < -0.39 is 0 Å². The summed E-state index contributed by atoms with van der Waals surface area (Å²) in [7, 11) is 1.61. The summed E-state index contributed by atoms with van der Waals surface area (Å²) in [6.07, 6.45) is 3.04. The molecule has 0 aliphatic rings. The molecule has 1 aromatic heterocycles. The number of hydrogen-bond donors (Lipinski definition) is 2. The fourth-order valence-corrected chi connectivity index (χ4v) is 2.81. The minimum absolute atomic E-state index is 0.00319. The molecule has 1 heterocycles. The van der Waals surface area contributed by atoms with E-state index in [2.05, 4.69) is 15.6 Å². The third kappa shape index (κ3) is 4.61. The number of amides is 1. The maximum atomic E-state index is 11.8. The lowest BCUT2D eigenvalue weighted by Gasteiger charge is -2.14. The van der Waals surface area contributed by atoms with Gasteiger partial charge in [0.15, 0.2) is 4.47 Å². The van der Waals surface area contributed by atoms with Crippen molar-refractivity contribution in [3.05, 3.63) is 33.7 Å². The van der Waals surface area contributed by atoms with Crippen LogP contribution in [0.25, 0.3) is 0 Å². The van der Waals surface area contributed by atoms with Gasteiger partial charge in [-0.05, 0) is 18.6 Å². The lowest BCUT2D eigenvalue weighted by molar-refractivity contribution is -0.116. The number of carbonyl (C=O) groups excluding carboxylic acids is 1. The number of ether oxygens (including phenoxy) is 1. The number of methoxy groups -OCH3 is 1. The van der Waals surface area contributed by atoms with Crippen molar-refractivity contribution in [1.82, 2.24) is 4.98 Å². The highest BCUT2D eigenvalue weighted by atomic mass is 35.5. The molecule has 5 nitrogen and oxygen atoms in total. The third-order valence-corrected chi connectivity index (χ3v) is 4.07. The Kier molecular flexibility index (Phi) is 6.03. The van der Waals surface area contributed by atoms with Crippen molar-refractivity contribution >= 4 is 40.2 Å². The van der Waals surface area contributed by atoms with Crippen LogP contribution in [0, 0.1) is 0 Å². The molecule has 1 aromatic carbocycles. The van der Waals surface area contributed by atoms with Gasteiger partial charge in [0.2, 0.25) is 5.91 Å². The summed E-state index contributed by atoms with van der Waals surface area (Å²) in [5, 5.41) is 6.19. The van der Waals surface area contributed by atoms with E-state index in [9.17, 15) is 4.79 Å². The standard InChI is InChI=1S/C15H18ClN3O2S/c1-3-4-14(20)19-12-6-5-10(21-2)7-13(12)17-8-11-9-18-15(16)22-11/h5-7,9,17H,3-4,8H2,1-2H3,(H,19,20). The molecule has 7 heteroatoms. The zero-order valence-corrected chi connectivity index (χ0v) is 14.1. The number of anilines is 2. The number of aromatic nitrogens is 1. The van der Waals surface area contributed by atoms with Crippen molar-refractivity contribution < 1.29 is 9.53 Å². The highest BCUT2D eigenvalue weighted by Crippen LogP contribution is 2.28. The van der Waals surface area contributed by atoms with Gasteiger partial charge < -0.3 is 15.4 Å². The van der Waals surface area contributed by atoms with Gasteiger partial charge in [-0.1, -0.05) is 18.5 Å². The predicted molar refractivity (Wildman–Crippen MR) is 91.0 cm³/mol. The van der Waals surface area contributed by atoms with Crippen molar-refractivity contribution in [3.8, 4) is 5.75 Å². The molecule has 0 saturated heterocycles. The summed E-state index contributed by atoms with van der Waals surface area (Å²) in [6.45, 7) is 2.55. The van der Waals surface area contributed by atoms with Crippen LogP contribution in [0.4, 0.5) is 11.4 Å². The normalized spacial score (nSPS) is 10.3. The number of nitrogens with one attached hydrogen (secondary N) is 2. The first-order valence-electron chi connectivity index (χ1n) is 6.94. The van der Waals surface area contributed by atoms with E-state index in [1.165, 1.54) is 11.3 Å². The van der Waals surface area contributed by atoms with E-state index in [1.54, 1.807) is 13.3 Å². The van der Waals surface area contributed by atoms with Gasteiger partial charge in [-0.3, -0.25) is 4.79 Å². The fourth-order valence-electron chi connectivity index (χ4n) is 1.89. The Labute approximate surface area is 138 Å². The molecule has 0 aliphatic carbocycles. The quantitative estimate of drug-likeness (QED) is 0.795. The van der Waals surface area contributed by atoms with E-state index in [4.69, 9.17) is 16.3 Å². The third-order valence-electron chi connectivity index (χ3n) is 2.96. The SMILES string of the molecule is CCCC(=O)Nc1ccc(OC)cc1NCc1cnc(Cl)s1. The number of hydrogen-bond acceptors (Lipinski definition) is 5. The maximum absolute atomic E-state index is 11.8. The second-order valence-electron chi connectivity index (χ2n) is 4.64. The van der Waals surface area contributed by atoms with E-state index in [-0.39, 0.29) is 5.91 Å². The van der Waals surface area contributed by atoms with Gasteiger partial charge in [-0.25, -0.2) is 4.98 Å². The molecule has 2 rings (SSSR count). The molecular formula is C15H18ClN3O2S. The zero-order valence-electron chi connectivity index (χ0n) is 12.5. The summed E-state index contributed by atoms with van der Waals surface area (Å²) in [4.78, 5) is 16.8. The lowest BCUT2D eigenvalue weighted by atomic mass is 10.2. The summed E-state index contributed by atoms with van der Waals surface area (Å²) < 4.78 is 5.75. The summed E-state index contributed by atoms with van der Waals surface area (Å²) >= 11 is 7.25. The number of halogens is 1. The van der Waals surface area contributed by atoms with Gasteiger partial charge in [-0.2, -0.15) is 0 Å². The van der Waals surface area contributed by atoms with Gasteiger partial charge in [0, 0.05) is 23.6 Å². The van der Waals surface area contributed by atoms with Crippen molar-refractivity contribution in [1.29, 1.82) is 0 Å². The Morgan fingerprint density at radius 2 is 2.23 bits per heavy atom. The number of nitrogens with zero attached hydrogens (tertiary/aromatic N) is 1. The van der Waals surface area contributed by atoms with E-state index in [0.717, 1.165) is 28.4 Å². The first-order chi connectivity index (χ1) is 10.6. The van der Waals surface area contributed by atoms with Crippen LogP contribution >= 0.6 is 22.9 Å². The van der Waals surface area contributed by atoms with Gasteiger partial charge in [0.05, 0.1) is 25.0 Å². The van der Waals surface area contributed by atoms with E-state index >= 15 is 0 Å². The molecule has 0 aliphatic heterocycles. The second-order valence-corrected chi connectivity index (χ2v) is 6.34. The molecule has 0 saturated carbocycles. The Morgan fingerprint density at radius 3 is 2.86 bits per heavy atom. The molecule has 0 radical (unpaired) electrons. The van der Waals surface area contributed by atoms with Gasteiger partial charge >= 0.3 is 0 Å². The second kappa shape index (κ2) is 8.00. The van der Waals surface area contributed by atoms with Crippen LogP contribution in [0.15, 0.2) is 24.4 Å². The Morgan fingerprint density at radius 1 is 1.41 bits per heavy atom. The molecule has 0 fully saturated rings. The van der Waals surface area contributed by atoms with Crippen LogP contribution in [-0.4, -0.2) is 18.0 Å². The van der Waals surface area contributed by atoms with E-state index in [0.29, 0.717) is 17.4 Å². The first kappa shape index (κ1) is 16.6. The number of carbonyl (C=O) groups is 1. The van der Waals surface area contributed by atoms with Crippen molar-refractivity contribution in [2.24, 2.45) is 0 Å². The molecule has 0 bridgehead atoms. The van der Waals surface area contributed by atoms with Crippen LogP contribution in [0.5, 0.6) is 5.75 Å². The Bertz CT molecular complexity index is 645.